The van der Waals surface area contributed by atoms with Crippen LogP contribution >= 0.6 is 31.9 Å². The minimum absolute atomic E-state index is 0.0590. The van der Waals surface area contributed by atoms with Gasteiger partial charge >= 0.3 is 5.97 Å². The molecule has 3 aromatic rings. The molecule has 0 radical (unpaired) electrons. The van der Waals surface area contributed by atoms with Crippen molar-refractivity contribution in [1.82, 2.24) is 9.80 Å². The second kappa shape index (κ2) is 13.0. The van der Waals surface area contributed by atoms with Crippen LogP contribution in [0.25, 0.3) is 6.08 Å². The summed E-state index contributed by atoms with van der Waals surface area (Å²) in [5, 5.41) is 0. The quantitative estimate of drug-likeness (QED) is 0.183. The van der Waals surface area contributed by atoms with Crippen LogP contribution in [-0.4, -0.2) is 53.8 Å². The number of imide groups is 1. The first-order valence-electron chi connectivity index (χ1n) is 13.9. The highest BCUT2D eigenvalue weighted by molar-refractivity contribution is 9.11. The van der Waals surface area contributed by atoms with E-state index in [1.807, 2.05) is 30.3 Å². The monoisotopic (exact) mass is 724 g/mol. The minimum Gasteiger partial charge on any atom is -0.492 e. The molecule has 11 heteroatoms. The molecule has 0 N–H and O–H groups in total. The molecule has 3 amide bonds. The molecule has 2 atom stereocenters. The fourth-order valence-corrected chi connectivity index (χ4v) is 7.13. The Morgan fingerprint density at radius 1 is 0.864 bits per heavy atom. The zero-order valence-electron chi connectivity index (χ0n) is 24.5. The molecule has 44 heavy (non-hydrogen) atoms. The Morgan fingerprint density at radius 3 is 2.00 bits per heavy atom. The van der Waals surface area contributed by atoms with Crippen LogP contribution in [0.15, 0.2) is 69.7 Å². The highest BCUT2D eigenvalue weighted by atomic mass is 79.9. The highest BCUT2D eigenvalue weighted by Crippen LogP contribution is 2.51. The van der Waals surface area contributed by atoms with Gasteiger partial charge in [0.2, 0.25) is 0 Å². The van der Waals surface area contributed by atoms with Gasteiger partial charge in [-0.25, -0.2) is 0 Å². The van der Waals surface area contributed by atoms with Gasteiger partial charge in [0.1, 0.15) is 12.6 Å². The molecular formula is C33H30Br2N2O7. The molecule has 2 aliphatic rings. The molecule has 0 spiro atoms. The molecule has 2 aliphatic heterocycles. The van der Waals surface area contributed by atoms with Crippen LogP contribution in [0, 0.1) is 5.92 Å². The van der Waals surface area contributed by atoms with Gasteiger partial charge in [0.25, 0.3) is 17.7 Å². The average molecular weight is 726 g/mol. The molecule has 0 saturated heterocycles. The maximum absolute atomic E-state index is 14.5. The number of amides is 3. The van der Waals surface area contributed by atoms with Crippen molar-refractivity contribution in [3.63, 3.8) is 0 Å². The number of halogens is 2. The van der Waals surface area contributed by atoms with E-state index >= 15 is 0 Å². The number of carbonyl (C=O) groups is 4. The van der Waals surface area contributed by atoms with Gasteiger partial charge in [0.15, 0.2) is 11.5 Å². The number of nitrogens with zero attached hydrogens (tertiary/aromatic N) is 2. The number of carbonyl (C=O) groups excluding carboxylic acids is 4. The zero-order valence-corrected chi connectivity index (χ0v) is 27.7. The molecule has 228 valence electrons. The van der Waals surface area contributed by atoms with E-state index in [4.69, 9.17) is 14.2 Å². The van der Waals surface area contributed by atoms with Gasteiger partial charge in [0.05, 0.1) is 46.8 Å². The van der Waals surface area contributed by atoms with E-state index in [9.17, 15) is 19.2 Å². The molecule has 2 heterocycles. The zero-order chi connectivity index (χ0) is 31.7. The van der Waals surface area contributed by atoms with Crippen molar-refractivity contribution in [1.29, 1.82) is 0 Å². The lowest BCUT2D eigenvalue weighted by Crippen LogP contribution is -2.53. The lowest BCUT2D eigenvalue weighted by atomic mass is 9.91. The van der Waals surface area contributed by atoms with Gasteiger partial charge in [-0.1, -0.05) is 56.3 Å². The van der Waals surface area contributed by atoms with Crippen LogP contribution in [-0.2, 0) is 20.9 Å². The summed E-state index contributed by atoms with van der Waals surface area (Å²) in [7, 11) is 3.00. The molecule has 0 unspecified atom stereocenters. The highest BCUT2D eigenvalue weighted by Gasteiger charge is 2.47. The number of hydrogen-bond donors (Lipinski definition) is 0. The molecule has 3 aromatic carbocycles. The fraction of sp³-hybridized carbons (Fsp3) is 0.273. The van der Waals surface area contributed by atoms with Crippen molar-refractivity contribution in [3.05, 3.63) is 97.6 Å². The third kappa shape index (κ3) is 5.54. The summed E-state index contributed by atoms with van der Waals surface area (Å²) in [5.41, 5.74) is 2.56. The van der Waals surface area contributed by atoms with Crippen LogP contribution in [0.1, 0.15) is 63.7 Å². The first-order chi connectivity index (χ1) is 21.1. The SMILES string of the molecule is COc1c(Br)c2c(c(Br)c1OC)[C@@H](CC(=O)OCc1ccccc1)N(C(=O)[C@H](C(C)C)N1C(=O)c3ccccc3C1=O)C=C2. The first-order valence-corrected chi connectivity index (χ1v) is 15.5. The van der Waals surface area contributed by atoms with E-state index in [-0.39, 0.29) is 24.2 Å². The minimum atomic E-state index is -1.14. The standard InChI is InChI=1S/C33H30Br2N2O7/c1-18(2)28(37-31(39)20-12-8-9-13-21(20)32(37)40)33(41)36-15-14-22-25(27(35)30(43-4)29(42-3)26(22)34)23(36)16-24(38)44-17-19-10-6-5-7-11-19/h5-15,18,23,28H,16-17H2,1-4H3/t23-,28+/m1/s1. The topological polar surface area (TPSA) is 102 Å². The molecule has 0 aliphatic carbocycles. The normalized spacial score (nSPS) is 16.1. The number of esters is 1. The van der Waals surface area contributed by atoms with Gasteiger partial charge in [-0.3, -0.25) is 24.1 Å². The third-order valence-electron chi connectivity index (χ3n) is 7.69. The average Bonchev–Trinajstić information content (AvgIpc) is 3.27. The lowest BCUT2D eigenvalue weighted by Gasteiger charge is -2.39. The second-order valence-electron chi connectivity index (χ2n) is 10.7. The van der Waals surface area contributed by atoms with Crippen LogP contribution < -0.4 is 9.47 Å². The number of rotatable bonds is 9. The number of methoxy groups -OCH3 is 2. The van der Waals surface area contributed by atoms with Gasteiger partial charge in [-0.2, -0.15) is 0 Å². The van der Waals surface area contributed by atoms with Crippen molar-refractivity contribution < 1.29 is 33.4 Å². The maximum Gasteiger partial charge on any atom is 0.308 e. The Hall–Kier alpha value is -3.96. The Kier molecular flexibility index (Phi) is 9.26. The van der Waals surface area contributed by atoms with Crippen molar-refractivity contribution in [2.75, 3.05) is 14.2 Å². The van der Waals surface area contributed by atoms with E-state index < -0.39 is 41.7 Å². The van der Waals surface area contributed by atoms with Gasteiger partial charge in [-0.05, 0) is 61.5 Å². The predicted octanol–water partition coefficient (Wildman–Crippen LogP) is 6.54. The fourth-order valence-electron chi connectivity index (χ4n) is 5.62. The van der Waals surface area contributed by atoms with E-state index in [2.05, 4.69) is 31.9 Å². The largest absolute Gasteiger partial charge is 0.492 e. The lowest BCUT2D eigenvalue weighted by molar-refractivity contribution is -0.147. The van der Waals surface area contributed by atoms with Crippen molar-refractivity contribution in [2.45, 2.75) is 39.0 Å². The predicted molar refractivity (Wildman–Crippen MR) is 170 cm³/mol. The number of benzene rings is 3. The summed E-state index contributed by atoms with van der Waals surface area (Å²) < 4.78 is 17.9. The van der Waals surface area contributed by atoms with Crippen molar-refractivity contribution in [2.24, 2.45) is 5.92 Å². The van der Waals surface area contributed by atoms with E-state index in [0.717, 1.165) is 10.5 Å². The summed E-state index contributed by atoms with van der Waals surface area (Å²) >= 11 is 7.25. The van der Waals surface area contributed by atoms with Gasteiger partial charge < -0.3 is 19.1 Å². The molecule has 0 bridgehead atoms. The summed E-state index contributed by atoms with van der Waals surface area (Å²) in [4.78, 5) is 57.3. The summed E-state index contributed by atoms with van der Waals surface area (Å²) in [6.07, 6.45) is 3.06. The maximum atomic E-state index is 14.5. The van der Waals surface area contributed by atoms with E-state index in [0.29, 0.717) is 31.6 Å². The van der Waals surface area contributed by atoms with E-state index in [1.54, 1.807) is 50.4 Å². The van der Waals surface area contributed by atoms with Gasteiger partial charge in [-0.15, -0.1) is 0 Å². The molecule has 9 nitrogen and oxygen atoms in total. The molecule has 0 aromatic heterocycles. The molecule has 0 saturated carbocycles. The molecular weight excluding hydrogens is 696 g/mol. The van der Waals surface area contributed by atoms with Crippen LogP contribution in [0.2, 0.25) is 0 Å². The summed E-state index contributed by atoms with van der Waals surface area (Å²) in [6.45, 7) is 3.61. The Balaban J connectivity index is 1.56. The Labute approximate surface area is 272 Å². The van der Waals surface area contributed by atoms with Crippen molar-refractivity contribution >= 4 is 61.6 Å². The molecule has 5 rings (SSSR count). The van der Waals surface area contributed by atoms with Gasteiger partial charge in [0, 0.05) is 17.3 Å². The number of ether oxygens (including phenoxy) is 3. The Bertz CT molecular complexity index is 1640. The summed E-state index contributed by atoms with van der Waals surface area (Å²) in [5.74, 6) is -1.77. The van der Waals surface area contributed by atoms with Crippen LogP contribution in [0.4, 0.5) is 0 Å². The summed E-state index contributed by atoms with van der Waals surface area (Å²) in [6, 6.07) is 13.8. The Morgan fingerprint density at radius 2 is 1.43 bits per heavy atom. The number of fused-ring (bicyclic) bond motifs is 2. The van der Waals surface area contributed by atoms with Crippen LogP contribution in [0.3, 0.4) is 0 Å². The first kappa shape index (κ1) is 31.5. The number of hydrogen-bond acceptors (Lipinski definition) is 7. The smallest absolute Gasteiger partial charge is 0.308 e. The third-order valence-corrected chi connectivity index (χ3v) is 9.27. The van der Waals surface area contributed by atoms with Crippen molar-refractivity contribution in [3.8, 4) is 11.5 Å². The van der Waals surface area contributed by atoms with E-state index in [1.165, 1.54) is 19.1 Å². The van der Waals surface area contributed by atoms with Crippen LogP contribution in [0.5, 0.6) is 11.5 Å². The second-order valence-corrected chi connectivity index (χ2v) is 12.3. The molecule has 0 fully saturated rings.